The van der Waals surface area contributed by atoms with Gasteiger partial charge in [0.25, 0.3) is 0 Å². The smallest absolute Gasteiger partial charge is 0.124 e. The van der Waals surface area contributed by atoms with Crippen molar-refractivity contribution in [2.75, 3.05) is 13.6 Å². The van der Waals surface area contributed by atoms with Gasteiger partial charge in [-0.1, -0.05) is 6.07 Å². The third-order valence-corrected chi connectivity index (χ3v) is 5.93. The molecule has 112 valence electrons. The first-order chi connectivity index (χ1) is 9.76. The van der Waals surface area contributed by atoms with Crippen LogP contribution in [0.5, 0.6) is 0 Å². The van der Waals surface area contributed by atoms with Crippen molar-refractivity contribution in [3.05, 3.63) is 40.5 Å². The van der Waals surface area contributed by atoms with E-state index in [4.69, 9.17) is 0 Å². The zero-order chi connectivity index (χ0) is 13.7. The number of benzene rings is 1. The first-order valence-corrected chi connectivity index (χ1v) is 8.15. The molecule has 21 heavy (non-hydrogen) atoms. The van der Waals surface area contributed by atoms with Gasteiger partial charge in [-0.3, -0.25) is 0 Å². The number of halogens is 2. The van der Waals surface area contributed by atoms with E-state index in [0.717, 1.165) is 23.1 Å². The molecule has 2 aliphatic carbocycles. The Kier molecular flexibility index (Phi) is 4.08. The normalized spacial score (nSPS) is 23.9. The van der Waals surface area contributed by atoms with Crippen LogP contribution in [-0.4, -0.2) is 13.6 Å². The maximum Gasteiger partial charge on any atom is 0.124 e. The van der Waals surface area contributed by atoms with E-state index in [0.29, 0.717) is 0 Å². The largest absolute Gasteiger partial charge is 0.316 e. The van der Waals surface area contributed by atoms with Gasteiger partial charge in [-0.2, -0.15) is 0 Å². The summed E-state index contributed by atoms with van der Waals surface area (Å²) in [5.41, 5.74) is 3.17. The zero-order valence-corrected chi connectivity index (χ0v) is 13.6. The minimum absolute atomic E-state index is 0. The van der Waals surface area contributed by atoms with E-state index < -0.39 is 0 Å². The highest BCUT2D eigenvalue weighted by Gasteiger charge is 2.39. The molecule has 0 aliphatic heterocycles. The molecule has 1 heterocycles. The van der Waals surface area contributed by atoms with Crippen LogP contribution in [0.3, 0.4) is 0 Å². The second kappa shape index (κ2) is 5.71. The van der Waals surface area contributed by atoms with Crippen LogP contribution in [0.25, 0.3) is 15.7 Å². The molecule has 2 bridgehead atoms. The third-order valence-electron chi connectivity index (χ3n) is 4.79. The summed E-state index contributed by atoms with van der Waals surface area (Å²) in [7, 11) is 2.02. The van der Waals surface area contributed by atoms with Gasteiger partial charge in [-0.05, 0) is 72.9 Å². The Labute approximate surface area is 134 Å². The lowest BCUT2D eigenvalue weighted by Crippen LogP contribution is -2.16. The van der Waals surface area contributed by atoms with Gasteiger partial charge in [-0.15, -0.1) is 23.7 Å². The van der Waals surface area contributed by atoms with Crippen molar-refractivity contribution in [3.8, 4) is 0 Å². The van der Waals surface area contributed by atoms with Gasteiger partial charge in [0.1, 0.15) is 5.82 Å². The molecule has 1 saturated carbocycles. The molecule has 0 amide bonds. The number of likely N-dealkylation sites (N-methyl/N-ethyl adjacent to an activating group) is 1. The Morgan fingerprint density at radius 1 is 1.24 bits per heavy atom. The lowest BCUT2D eigenvalue weighted by atomic mass is 9.90. The van der Waals surface area contributed by atoms with Crippen LogP contribution >= 0.6 is 23.7 Å². The molecule has 1 fully saturated rings. The summed E-state index contributed by atoms with van der Waals surface area (Å²) in [6.45, 7) is 0.999. The van der Waals surface area contributed by atoms with Crippen LogP contribution in [0.15, 0.2) is 29.8 Å². The fourth-order valence-electron chi connectivity index (χ4n) is 3.97. The van der Waals surface area contributed by atoms with E-state index in [-0.39, 0.29) is 18.2 Å². The summed E-state index contributed by atoms with van der Waals surface area (Å²) < 4.78 is 14.4. The standard InChI is InChI=1S/C17H18FNS.ClH/c1-19-9-14-10-2-3-12(6-10)17(14)16-7-11-4-5-13(18)8-15(11)20-16;/h4-5,7-8,10,12,19H,2-3,6,9H2,1H3;1H. The van der Waals surface area contributed by atoms with Gasteiger partial charge in [0.15, 0.2) is 0 Å². The van der Waals surface area contributed by atoms with E-state index in [1.54, 1.807) is 34.6 Å². The van der Waals surface area contributed by atoms with Crippen LogP contribution in [0.1, 0.15) is 24.1 Å². The fraction of sp³-hybridized carbons (Fsp3) is 0.412. The van der Waals surface area contributed by atoms with E-state index in [2.05, 4.69) is 11.4 Å². The summed E-state index contributed by atoms with van der Waals surface area (Å²) in [6, 6.07) is 7.37. The molecule has 2 aliphatic rings. The predicted molar refractivity (Wildman–Crippen MR) is 90.7 cm³/mol. The molecule has 0 saturated heterocycles. The van der Waals surface area contributed by atoms with Crippen LogP contribution < -0.4 is 5.32 Å². The first-order valence-electron chi connectivity index (χ1n) is 7.33. The van der Waals surface area contributed by atoms with Gasteiger partial charge < -0.3 is 5.32 Å². The Hall–Kier alpha value is -0.900. The molecule has 2 unspecified atom stereocenters. The van der Waals surface area contributed by atoms with Crippen LogP contribution in [0.4, 0.5) is 4.39 Å². The SMILES string of the molecule is CNCC1=C(c2cc3ccc(F)cc3s2)C2CCC1C2.Cl. The molecule has 0 radical (unpaired) electrons. The highest BCUT2D eigenvalue weighted by Crippen LogP contribution is 2.53. The molecule has 4 rings (SSSR count). The number of allylic oxidation sites excluding steroid dienone is 1. The summed E-state index contributed by atoms with van der Waals surface area (Å²) in [6.07, 6.45) is 4.01. The fourth-order valence-corrected chi connectivity index (χ4v) is 5.22. The van der Waals surface area contributed by atoms with Gasteiger partial charge >= 0.3 is 0 Å². The number of nitrogens with one attached hydrogen (secondary N) is 1. The highest BCUT2D eigenvalue weighted by molar-refractivity contribution is 7.20. The number of rotatable bonds is 3. The molecule has 2 aromatic rings. The highest BCUT2D eigenvalue weighted by atomic mass is 35.5. The topological polar surface area (TPSA) is 12.0 Å². The first kappa shape index (κ1) is 15.0. The van der Waals surface area contributed by atoms with E-state index in [1.165, 1.54) is 29.5 Å². The molecule has 2 atom stereocenters. The van der Waals surface area contributed by atoms with Gasteiger partial charge in [0.2, 0.25) is 0 Å². The van der Waals surface area contributed by atoms with E-state index >= 15 is 0 Å². The van der Waals surface area contributed by atoms with Crippen molar-refractivity contribution in [2.24, 2.45) is 11.8 Å². The second-order valence-electron chi connectivity index (χ2n) is 5.97. The average Bonchev–Trinajstić information content (AvgIpc) is 3.11. The van der Waals surface area contributed by atoms with Crippen LogP contribution in [0.2, 0.25) is 0 Å². The summed E-state index contributed by atoms with van der Waals surface area (Å²) in [5.74, 6) is 1.38. The Bertz CT molecular complexity index is 706. The maximum absolute atomic E-state index is 13.4. The Morgan fingerprint density at radius 2 is 2.05 bits per heavy atom. The quantitative estimate of drug-likeness (QED) is 0.850. The summed E-state index contributed by atoms with van der Waals surface area (Å²) in [4.78, 5) is 1.36. The molecule has 1 nitrogen and oxygen atoms in total. The van der Waals surface area contributed by atoms with Crippen molar-refractivity contribution in [2.45, 2.75) is 19.3 Å². The molecule has 0 spiro atoms. The minimum atomic E-state index is -0.136. The minimum Gasteiger partial charge on any atom is -0.316 e. The van der Waals surface area contributed by atoms with Gasteiger partial charge in [0.05, 0.1) is 0 Å². The predicted octanol–water partition coefficient (Wildman–Crippen LogP) is 4.87. The molecule has 1 aromatic heterocycles. The van der Waals surface area contributed by atoms with Crippen molar-refractivity contribution >= 4 is 39.4 Å². The second-order valence-corrected chi connectivity index (χ2v) is 7.05. The Balaban J connectivity index is 0.00000132. The molecular weight excluding hydrogens is 305 g/mol. The van der Waals surface area contributed by atoms with Crippen LogP contribution in [-0.2, 0) is 0 Å². The monoisotopic (exact) mass is 323 g/mol. The van der Waals surface area contributed by atoms with E-state index in [9.17, 15) is 4.39 Å². The summed E-state index contributed by atoms with van der Waals surface area (Å²) >= 11 is 1.75. The lowest BCUT2D eigenvalue weighted by molar-refractivity contribution is 0.628. The lowest BCUT2D eigenvalue weighted by Gasteiger charge is -2.19. The molecule has 4 heteroatoms. The van der Waals surface area contributed by atoms with Crippen molar-refractivity contribution in [1.29, 1.82) is 0 Å². The van der Waals surface area contributed by atoms with Crippen LogP contribution in [0, 0.1) is 17.7 Å². The maximum atomic E-state index is 13.4. The summed E-state index contributed by atoms with van der Waals surface area (Å²) in [5, 5.41) is 4.50. The van der Waals surface area contributed by atoms with E-state index in [1.807, 2.05) is 13.1 Å². The number of hydrogen-bond acceptors (Lipinski definition) is 2. The molecule has 1 N–H and O–H groups in total. The average molecular weight is 324 g/mol. The zero-order valence-electron chi connectivity index (χ0n) is 12.0. The number of fused-ring (bicyclic) bond motifs is 3. The number of thiophene rings is 1. The number of hydrogen-bond donors (Lipinski definition) is 1. The van der Waals surface area contributed by atoms with Gasteiger partial charge in [0, 0.05) is 16.1 Å². The molecule has 1 aromatic carbocycles. The van der Waals surface area contributed by atoms with Crippen molar-refractivity contribution in [3.63, 3.8) is 0 Å². The Morgan fingerprint density at radius 3 is 2.86 bits per heavy atom. The van der Waals surface area contributed by atoms with Gasteiger partial charge in [-0.25, -0.2) is 4.39 Å². The van der Waals surface area contributed by atoms with Crippen molar-refractivity contribution < 1.29 is 4.39 Å². The van der Waals surface area contributed by atoms with Crippen molar-refractivity contribution in [1.82, 2.24) is 5.32 Å². The third kappa shape index (κ3) is 2.41. The molecular formula is C17H19ClFNS.